The van der Waals surface area contributed by atoms with Gasteiger partial charge in [-0.25, -0.2) is 5.84 Å². The Labute approximate surface area is 55.1 Å². The summed E-state index contributed by atoms with van der Waals surface area (Å²) in [6.07, 6.45) is 3.76. The van der Waals surface area contributed by atoms with Crippen LogP contribution in [0, 0.1) is 0 Å². The van der Waals surface area contributed by atoms with Crippen LogP contribution in [0.1, 0.15) is 0 Å². The SMILES string of the molecule is CN1C=CN(N)C1.Cl. The largest absolute Gasteiger partial charge is 0.360 e. The second-order valence-electron chi connectivity index (χ2n) is 1.71. The number of hydrogen-bond donors (Lipinski definition) is 1. The molecule has 0 aromatic heterocycles. The standard InChI is InChI=1S/C4H9N3.ClH/c1-6-2-3-7(5)4-6;/h2-3H,4-5H2,1H3;1H. The maximum absolute atomic E-state index is 5.33. The van der Waals surface area contributed by atoms with E-state index in [0.717, 1.165) is 6.67 Å². The number of hydrazine groups is 1. The van der Waals surface area contributed by atoms with Gasteiger partial charge < -0.3 is 4.90 Å². The highest BCUT2D eigenvalue weighted by atomic mass is 35.5. The van der Waals surface area contributed by atoms with E-state index in [9.17, 15) is 0 Å². The molecule has 0 aromatic carbocycles. The van der Waals surface area contributed by atoms with Gasteiger partial charge in [-0.2, -0.15) is 0 Å². The summed E-state index contributed by atoms with van der Waals surface area (Å²) >= 11 is 0. The van der Waals surface area contributed by atoms with Crippen LogP contribution in [0.3, 0.4) is 0 Å². The van der Waals surface area contributed by atoms with Crippen molar-refractivity contribution < 1.29 is 0 Å². The molecule has 1 aliphatic heterocycles. The summed E-state index contributed by atoms with van der Waals surface area (Å²) in [5.74, 6) is 5.33. The molecular formula is C4H10ClN3. The van der Waals surface area contributed by atoms with Crippen LogP contribution >= 0.6 is 12.4 Å². The maximum Gasteiger partial charge on any atom is 0.104 e. The highest BCUT2D eigenvalue weighted by Gasteiger charge is 2.00. The van der Waals surface area contributed by atoms with E-state index in [1.54, 1.807) is 5.01 Å². The number of rotatable bonds is 0. The van der Waals surface area contributed by atoms with Crippen LogP contribution < -0.4 is 5.84 Å². The number of hydrogen-bond acceptors (Lipinski definition) is 3. The topological polar surface area (TPSA) is 32.5 Å². The van der Waals surface area contributed by atoms with Gasteiger partial charge >= 0.3 is 0 Å². The monoisotopic (exact) mass is 135 g/mol. The molecule has 0 unspecified atom stereocenters. The molecule has 0 fully saturated rings. The van der Waals surface area contributed by atoms with Crippen LogP contribution in [-0.4, -0.2) is 23.6 Å². The van der Waals surface area contributed by atoms with Gasteiger partial charge in [0.15, 0.2) is 0 Å². The lowest BCUT2D eigenvalue weighted by Gasteiger charge is -2.10. The smallest absolute Gasteiger partial charge is 0.104 e. The minimum Gasteiger partial charge on any atom is -0.360 e. The fraction of sp³-hybridized carbons (Fsp3) is 0.500. The summed E-state index contributed by atoms with van der Waals surface area (Å²) in [7, 11) is 1.98. The van der Waals surface area contributed by atoms with Crippen LogP contribution in [0.2, 0.25) is 0 Å². The van der Waals surface area contributed by atoms with E-state index in [1.165, 1.54) is 0 Å². The lowest BCUT2D eigenvalue weighted by molar-refractivity contribution is 0.305. The van der Waals surface area contributed by atoms with Gasteiger partial charge in [-0.3, -0.25) is 5.01 Å². The van der Waals surface area contributed by atoms with Gasteiger partial charge in [0.1, 0.15) is 6.67 Å². The molecule has 0 atom stereocenters. The predicted molar refractivity (Wildman–Crippen MR) is 35.0 cm³/mol. The lowest BCUT2D eigenvalue weighted by atomic mass is 10.9. The minimum absolute atomic E-state index is 0. The van der Waals surface area contributed by atoms with E-state index in [-0.39, 0.29) is 12.4 Å². The second kappa shape index (κ2) is 2.79. The van der Waals surface area contributed by atoms with Gasteiger partial charge in [0, 0.05) is 19.4 Å². The third-order valence-electron chi connectivity index (χ3n) is 0.899. The third-order valence-corrected chi connectivity index (χ3v) is 0.899. The molecule has 0 radical (unpaired) electrons. The highest BCUT2D eigenvalue weighted by molar-refractivity contribution is 5.85. The molecule has 3 nitrogen and oxygen atoms in total. The van der Waals surface area contributed by atoms with Crippen LogP contribution in [0.5, 0.6) is 0 Å². The average Bonchev–Trinajstić information content (AvgIpc) is 1.87. The molecule has 0 amide bonds. The van der Waals surface area contributed by atoms with Gasteiger partial charge in [-0.1, -0.05) is 0 Å². The van der Waals surface area contributed by atoms with Crippen molar-refractivity contribution in [1.29, 1.82) is 0 Å². The molecule has 0 aliphatic carbocycles. The molecule has 1 heterocycles. The number of nitrogens with two attached hydrogens (primary N) is 1. The highest BCUT2D eigenvalue weighted by Crippen LogP contribution is 1.95. The lowest BCUT2D eigenvalue weighted by Crippen LogP contribution is -2.27. The molecule has 0 bridgehead atoms. The maximum atomic E-state index is 5.33. The first-order valence-electron chi connectivity index (χ1n) is 2.19. The Morgan fingerprint density at radius 3 is 2.25 bits per heavy atom. The molecule has 0 spiro atoms. The Morgan fingerprint density at radius 1 is 1.50 bits per heavy atom. The van der Waals surface area contributed by atoms with Crippen molar-refractivity contribution in [1.82, 2.24) is 9.91 Å². The molecule has 0 saturated carbocycles. The Balaban J connectivity index is 0.000000490. The summed E-state index contributed by atoms with van der Waals surface area (Å²) in [5, 5.41) is 1.62. The Kier molecular flexibility index (Phi) is 2.65. The van der Waals surface area contributed by atoms with E-state index in [2.05, 4.69) is 0 Å². The van der Waals surface area contributed by atoms with Crippen molar-refractivity contribution in [2.75, 3.05) is 13.7 Å². The quantitative estimate of drug-likeness (QED) is 0.473. The third kappa shape index (κ3) is 1.60. The van der Waals surface area contributed by atoms with E-state index in [4.69, 9.17) is 5.84 Å². The van der Waals surface area contributed by atoms with E-state index in [0.29, 0.717) is 0 Å². The van der Waals surface area contributed by atoms with Crippen molar-refractivity contribution >= 4 is 12.4 Å². The van der Waals surface area contributed by atoms with Crippen molar-refractivity contribution in [3.63, 3.8) is 0 Å². The van der Waals surface area contributed by atoms with Gasteiger partial charge in [0.25, 0.3) is 0 Å². The Hall–Kier alpha value is -0.410. The zero-order valence-corrected chi connectivity index (χ0v) is 5.56. The zero-order chi connectivity index (χ0) is 5.28. The van der Waals surface area contributed by atoms with E-state index < -0.39 is 0 Å². The van der Waals surface area contributed by atoms with Crippen LogP contribution in [0.25, 0.3) is 0 Å². The molecule has 2 N–H and O–H groups in total. The van der Waals surface area contributed by atoms with Gasteiger partial charge in [0.2, 0.25) is 0 Å². The van der Waals surface area contributed by atoms with Gasteiger partial charge in [0.05, 0.1) is 0 Å². The molecule has 1 rings (SSSR count). The summed E-state index contributed by atoms with van der Waals surface area (Å²) in [4.78, 5) is 2.00. The number of halogens is 1. The first-order valence-corrected chi connectivity index (χ1v) is 2.19. The van der Waals surface area contributed by atoms with Crippen LogP contribution in [-0.2, 0) is 0 Å². The molecule has 0 saturated heterocycles. The van der Waals surface area contributed by atoms with Gasteiger partial charge in [-0.05, 0) is 0 Å². The summed E-state index contributed by atoms with van der Waals surface area (Å²) in [6.45, 7) is 0.806. The predicted octanol–water partition coefficient (Wildman–Crippen LogP) is -0.0420. The van der Waals surface area contributed by atoms with Crippen molar-refractivity contribution in [3.05, 3.63) is 12.4 Å². The second-order valence-corrected chi connectivity index (χ2v) is 1.71. The van der Waals surface area contributed by atoms with E-state index >= 15 is 0 Å². The summed E-state index contributed by atoms with van der Waals surface area (Å²) < 4.78 is 0. The first kappa shape index (κ1) is 7.59. The van der Waals surface area contributed by atoms with Gasteiger partial charge in [-0.15, -0.1) is 12.4 Å². The van der Waals surface area contributed by atoms with Crippen LogP contribution in [0.15, 0.2) is 12.4 Å². The average molecular weight is 136 g/mol. The fourth-order valence-corrected chi connectivity index (χ4v) is 0.551. The zero-order valence-electron chi connectivity index (χ0n) is 4.74. The first-order chi connectivity index (χ1) is 3.29. The molecular weight excluding hydrogens is 126 g/mol. The summed E-state index contributed by atoms with van der Waals surface area (Å²) in [5.41, 5.74) is 0. The molecule has 4 heteroatoms. The molecule has 48 valence electrons. The fourth-order valence-electron chi connectivity index (χ4n) is 0.551. The number of nitrogens with zero attached hydrogens (tertiary/aromatic N) is 2. The Bertz CT molecular complexity index is 83.3. The molecule has 8 heavy (non-hydrogen) atoms. The van der Waals surface area contributed by atoms with Crippen molar-refractivity contribution in [2.45, 2.75) is 0 Å². The van der Waals surface area contributed by atoms with E-state index in [1.807, 2.05) is 24.3 Å². The Morgan fingerprint density at radius 2 is 2.12 bits per heavy atom. The minimum atomic E-state index is 0. The van der Waals surface area contributed by atoms with Crippen molar-refractivity contribution in [2.24, 2.45) is 5.84 Å². The molecule has 1 aliphatic rings. The molecule has 0 aromatic rings. The summed E-state index contributed by atoms with van der Waals surface area (Å²) in [6, 6.07) is 0. The van der Waals surface area contributed by atoms with Crippen LogP contribution in [0.4, 0.5) is 0 Å². The van der Waals surface area contributed by atoms with Crippen molar-refractivity contribution in [3.8, 4) is 0 Å². The normalized spacial score (nSPS) is 16.8.